The molecule has 0 aliphatic carbocycles. The van der Waals surface area contributed by atoms with Gasteiger partial charge in [-0.1, -0.05) is 47.4 Å². The molecule has 0 unspecified atom stereocenters. The fraction of sp³-hybridized carbons (Fsp3) is 0.261. The van der Waals surface area contributed by atoms with Crippen LogP contribution in [0.25, 0.3) is 16.3 Å². The van der Waals surface area contributed by atoms with E-state index in [9.17, 15) is 21.4 Å². The molecular weight excluding hydrogens is 543 g/mol. The molecular formula is C23H25N3O6S4. The van der Waals surface area contributed by atoms with Crippen molar-refractivity contribution >= 4 is 65.3 Å². The lowest BCUT2D eigenvalue weighted by Crippen LogP contribution is -2.36. The first-order chi connectivity index (χ1) is 17.0. The van der Waals surface area contributed by atoms with E-state index in [1.54, 1.807) is 0 Å². The summed E-state index contributed by atoms with van der Waals surface area (Å²) in [4.78, 5) is 2.99. The summed E-state index contributed by atoms with van der Waals surface area (Å²) in [5.74, 6) is -0.782. The first kappa shape index (κ1) is 26.6. The molecule has 3 aromatic rings. The number of thiazole rings is 1. The van der Waals surface area contributed by atoms with Gasteiger partial charge in [0.2, 0.25) is 5.52 Å². The number of hydrogen-bond donors (Lipinski definition) is 2. The fourth-order valence-electron chi connectivity index (χ4n) is 3.91. The Bertz CT molecular complexity index is 1540. The van der Waals surface area contributed by atoms with Crippen LogP contribution < -0.4 is 15.2 Å². The molecule has 36 heavy (non-hydrogen) atoms. The molecule has 0 fully saturated rings. The van der Waals surface area contributed by atoms with E-state index in [0.29, 0.717) is 18.8 Å². The molecule has 1 aromatic heterocycles. The van der Waals surface area contributed by atoms with Crippen LogP contribution in [0.4, 0.5) is 5.69 Å². The molecule has 0 spiro atoms. The quantitative estimate of drug-likeness (QED) is 0.279. The third-order valence-corrected chi connectivity index (χ3v) is 9.23. The fourth-order valence-corrected chi connectivity index (χ4v) is 7.19. The number of anilines is 1. The highest BCUT2D eigenvalue weighted by molar-refractivity contribution is 8.03. The first-order valence-corrected chi connectivity index (χ1v) is 15.9. The zero-order valence-electron chi connectivity index (χ0n) is 19.1. The molecule has 192 valence electrons. The van der Waals surface area contributed by atoms with E-state index in [4.69, 9.17) is 10.3 Å². The Labute approximate surface area is 218 Å². The highest BCUT2D eigenvalue weighted by atomic mass is 32.2. The van der Waals surface area contributed by atoms with Crippen LogP contribution in [-0.2, 0) is 26.8 Å². The highest BCUT2D eigenvalue weighted by Crippen LogP contribution is 2.46. The van der Waals surface area contributed by atoms with E-state index in [1.165, 1.54) is 23.1 Å². The maximum atomic E-state index is 11.2. The maximum Gasteiger partial charge on any atom is 0.264 e. The lowest BCUT2D eigenvalue weighted by atomic mass is 10.2. The van der Waals surface area contributed by atoms with Crippen molar-refractivity contribution in [2.75, 3.05) is 23.0 Å². The van der Waals surface area contributed by atoms with Gasteiger partial charge in [-0.15, -0.1) is 0 Å². The Balaban J connectivity index is 1.63. The normalized spacial score (nSPS) is 15.7. The van der Waals surface area contributed by atoms with Crippen LogP contribution in [0.2, 0.25) is 0 Å². The molecule has 1 aliphatic rings. The Morgan fingerprint density at radius 2 is 1.78 bits per heavy atom. The molecule has 1 aliphatic heterocycles. The molecule has 13 heteroatoms. The second-order valence-electron chi connectivity index (χ2n) is 8.16. The van der Waals surface area contributed by atoms with Crippen molar-refractivity contribution in [3.05, 3.63) is 70.3 Å². The first-order valence-electron chi connectivity index (χ1n) is 11.0. The van der Waals surface area contributed by atoms with Gasteiger partial charge in [0, 0.05) is 41.5 Å². The van der Waals surface area contributed by atoms with Gasteiger partial charge in [0.15, 0.2) is 6.54 Å². The van der Waals surface area contributed by atoms with Crippen LogP contribution >= 0.6 is 23.1 Å². The largest absolute Gasteiger partial charge is 0.748 e. The van der Waals surface area contributed by atoms with E-state index in [1.807, 2.05) is 70.1 Å². The van der Waals surface area contributed by atoms with Gasteiger partial charge in [-0.2, -0.15) is 13.0 Å². The molecule has 0 saturated carbocycles. The summed E-state index contributed by atoms with van der Waals surface area (Å²) in [5.41, 5.74) is 8.75. The van der Waals surface area contributed by atoms with Crippen molar-refractivity contribution in [3.63, 3.8) is 0 Å². The predicted octanol–water partition coefficient (Wildman–Crippen LogP) is 3.16. The van der Waals surface area contributed by atoms with Crippen LogP contribution in [0.1, 0.15) is 17.8 Å². The third-order valence-electron chi connectivity index (χ3n) is 5.41. The number of aryl methyl sites for hydroxylation is 1. The van der Waals surface area contributed by atoms with Crippen LogP contribution in [0.5, 0.6) is 0 Å². The minimum absolute atomic E-state index is 0.186. The lowest BCUT2D eigenvalue weighted by molar-refractivity contribution is -0.668. The molecule has 2 aromatic carbocycles. The number of benzene rings is 2. The SMILES string of the molecule is NC(=C\c1sc2ccccc2[n+]1CCCS(=O)(=O)[O-])/C=C1/Sc2ccccc2N1CCCS(=O)(=O)O. The average molecular weight is 568 g/mol. The summed E-state index contributed by atoms with van der Waals surface area (Å²) >= 11 is 3.02. The smallest absolute Gasteiger partial charge is 0.264 e. The monoisotopic (exact) mass is 567 g/mol. The topological polar surface area (TPSA) is 145 Å². The summed E-state index contributed by atoms with van der Waals surface area (Å²) in [7, 11) is -8.36. The van der Waals surface area contributed by atoms with E-state index in [-0.39, 0.29) is 18.6 Å². The van der Waals surface area contributed by atoms with Gasteiger partial charge in [-0.25, -0.2) is 8.42 Å². The molecule has 4 rings (SSSR count). The minimum atomic E-state index is -4.30. The Hall–Kier alpha value is -2.42. The zero-order valence-corrected chi connectivity index (χ0v) is 22.4. The van der Waals surface area contributed by atoms with Crippen molar-refractivity contribution in [2.24, 2.45) is 5.73 Å². The van der Waals surface area contributed by atoms with Gasteiger partial charge in [0.05, 0.1) is 26.6 Å². The third kappa shape index (κ3) is 6.87. The molecule has 0 bridgehead atoms. The number of thioether (sulfide) groups is 1. The second kappa shape index (κ2) is 10.9. The molecule has 2 heterocycles. The Kier molecular flexibility index (Phi) is 8.07. The number of allylic oxidation sites excluding steroid dienone is 1. The number of fused-ring (bicyclic) bond motifs is 2. The van der Waals surface area contributed by atoms with E-state index in [2.05, 4.69) is 0 Å². The number of aromatic nitrogens is 1. The summed E-state index contributed by atoms with van der Waals surface area (Å²) in [6.45, 7) is 0.735. The van der Waals surface area contributed by atoms with Gasteiger partial charge in [0.1, 0.15) is 4.70 Å². The van der Waals surface area contributed by atoms with Crippen LogP contribution in [0.3, 0.4) is 0 Å². The molecule has 3 N–H and O–H groups in total. The Morgan fingerprint density at radius 3 is 2.53 bits per heavy atom. The summed E-state index contributed by atoms with van der Waals surface area (Å²) in [6.07, 6.45) is 4.05. The summed E-state index contributed by atoms with van der Waals surface area (Å²) < 4.78 is 67.7. The zero-order chi connectivity index (χ0) is 25.9. The number of hydrogen-bond acceptors (Lipinski definition) is 9. The van der Waals surface area contributed by atoms with Gasteiger partial charge in [0.25, 0.3) is 15.1 Å². The van der Waals surface area contributed by atoms with Crippen LogP contribution in [-0.4, -0.2) is 44.0 Å². The lowest BCUT2D eigenvalue weighted by Gasteiger charge is -2.20. The molecule has 0 saturated heterocycles. The van der Waals surface area contributed by atoms with Gasteiger partial charge >= 0.3 is 0 Å². The standard InChI is InChI=1S/C23H25N3O6S4/c24-17(15-22-25(11-5-13-35(27,28)29)18-7-1-3-9-20(18)33-22)16-23-26(12-6-14-36(30,31)32)19-8-2-4-10-21(19)34-23/h1-4,7-10,15-16,24H,5-6,11-14H2,(H2,27,28,29,30,31,32)/b22-15+. The van der Waals surface area contributed by atoms with Crippen LogP contribution in [0.15, 0.2) is 70.2 Å². The number of para-hydroxylation sites is 2. The minimum Gasteiger partial charge on any atom is -0.748 e. The maximum absolute atomic E-state index is 11.2. The van der Waals surface area contributed by atoms with Crippen LogP contribution in [0, 0.1) is 0 Å². The van der Waals surface area contributed by atoms with Crippen molar-refractivity contribution in [3.8, 4) is 0 Å². The van der Waals surface area contributed by atoms with Crippen molar-refractivity contribution < 1.29 is 30.5 Å². The number of nitrogens with two attached hydrogens (primary N) is 1. The van der Waals surface area contributed by atoms with E-state index in [0.717, 1.165) is 30.8 Å². The van der Waals surface area contributed by atoms with Gasteiger partial charge in [-0.05, 0) is 30.7 Å². The van der Waals surface area contributed by atoms with Gasteiger partial charge < -0.3 is 15.2 Å². The number of nitrogens with zero attached hydrogens (tertiary/aromatic N) is 2. The highest BCUT2D eigenvalue weighted by Gasteiger charge is 2.25. The molecule has 9 nitrogen and oxygen atoms in total. The molecule has 0 amide bonds. The predicted molar refractivity (Wildman–Crippen MR) is 142 cm³/mol. The Morgan fingerprint density at radius 1 is 1.06 bits per heavy atom. The molecule has 0 radical (unpaired) electrons. The van der Waals surface area contributed by atoms with Crippen molar-refractivity contribution in [1.29, 1.82) is 0 Å². The summed E-state index contributed by atoms with van der Waals surface area (Å²) in [5, 5.41) is 1.64. The summed E-state index contributed by atoms with van der Waals surface area (Å²) in [6, 6.07) is 15.5. The van der Waals surface area contributed by atoms with E-state index >= 15 is 0 Å². The second-order valence-corrected chi connectivity index (χ2v) is 13.4. The van der Waals surface area contributed by atoms with Gasteiger partial charge in [-0.3, -0.25) is 4.55 Å². The van der Waals surface area contributed by atoms with Crippen molar-refractivity contribution in [1.82, 2.24) is 0 Å². The average Bonchev–Trinajstić information content (AvgIpc) is 3.30. The van der Waals surface area contributed by atoms with E-state index < -0.39 is 26.0 Å². The molecule has 0 atom stereocenters. The van der Waals surface area contributed by atoms with Crippen molar-refractivity contribution in [2.45, 2.75) is 24.3 Å². The number of rotatable bonds is 10.